The molecule has 6 nitrogen and oxygen atoms in total. The van der Waals surface area contributed by atoms with Gasteiger partial charge in [-0.2, -0.15) is 0 Å². The fourth-order valence-corrected chi connectivity index (χ4v) is 1.86. The summed E-state index contributed by atoms with van der Waals surface area (Å²) in [6.45, 7) is 5.63. The van der Waals surface area contributed by atoms with Crippen molar-refractivity contribution in [3.8, 4) is 0 Å². The molecule has 2 unspecified atom stereocenters. The molecule has 0 aromatic rings. The van der Waals surface area contributed by atoms with Crippen molar-refractivity contribution in [1.82, 2.24) is 10.6 Å². The third-order valence-corrected chi connectivity index (χ3v) is 3.34. The third-order valence-electron chi connectivity index (χ3n) is 3.34. The molecule has 104 valence electrons. The first-order chi connectivity index (χ1) is 8.54. The molecule has 0 aromatic heterocycles. The van der Waals surface area contributed by atoms with Crippen LogP contribution in [0.25, 0.3) is 0 Å². The largest absolute Gasteiger partial charge is 0.480 e. The van der Waals surface area contributed by atoms with Crippen LogP contribution < -0.4 is 10.6 Å². The zero-order valence-electron chi connectivity index (χ0n) is 10.9. The smallest absolute Gasteiger partial charge is 0.326 e. The maximum atomic E-state index is 11.6. The summed E-state index contributed by atoms with van der Waals surface area (Å²) < 4.78 is 5.20. The van der Waals surface area contributed by atoms with Crippen LogP contribution in [0.2, 0.25) is 0 Å². The lowest BCUT2D eigenvalue weighted by Gasteiger charge is -2.20. The molecule has 1 heterocycles. The van der Waals surface area contributed by atoms with E-state index in [0.717, 1.165) is 13.0 Å². The Morgan fingerprint density at radius 3 is 2.72 bits per heavy atom. The topological polar surface area (TPSA) is 87.7 Å². The maximum absolute atomic E-state index is 11.6. The Kier molecular flexibility index (Phi) is 5.91. The molecule has 2 amide bonds. The van der Waals surface area contributed by atoms with Crippen LogP contribution in [0.3, 0.4) is 0 Å². The minimum Gasteiger partial charge on any atom is -0.480 e. The Bertz CT molecular complexity index is 290. The van der Waals surface area contributed by atoms with E-state index in [2.05, 4.69) is 10.6 Å². The lowest BCUT2D eigenvalue weighted by atomic mass is 9.99. The molecule has 3 N–H and O–H groups in total. The molecule has 6 heteroatoms. The monoisotopic (exact) mass is 258 g/mol. The lowest BCUT2D eigenvalue weighted by Crippen LogP contribution is -2.49. The molecule has 1 fully saturated rings. The molecule has 18 heavy (non-hydrogen) atoms. The van der Waals surface area contributed by atoms with Crippen LogP contribution in [0.5, 0.6) is 0 Å². The third kappa shape index (κ3) is 4.52. The minimum absolute atomic E-state index is 0.0944. The fourth-order valence-electron chi connectivity index (χ4n) is 1.86. The van der Waals surface area contributed by atoms with Crippen molar-refractivity contribution < 1.29 is 19.4 Å². The molecule has 0 spiro atoms. The molecule has 3 atom stereocenters. The van der Waals surface area contributed by atoms with Gasteiger partial charge in [0.2, 0.25) is 0 Å². The summed E-state index contributed by atoms with van der Waals surface area (Å²) >= 11 is 0. The summed E-state index contributed by atoms with van der Waals surface area (Å²) in [6.07, 6.45) is 1.64. The normalized spacial score (nSPS) is 22.2. The number of amides is 2. The van der Waals surface area contributed by atoms with Gasteiger partial charge in [0.15, 0.2) is 0 Å². The highest BCUT2D eigenvalue weighted by molar-refractivity contribution is 5.82. The zero-order chi connectivity index (χ0) is 13.5. The number of carboxylic acids is 1. The quantitative estimate of drug-likeness (QED) is 0.658. The molecule has 1 aliphatic rings. The van der Waals surface area contributed by atoms with Crippen LogP contribution in [0.4, 0.5) is 4.79 Å². The number of nitrogens with one attached hydrogen (secondary N) is 2. The highest BCUT2D eigenvalue weighted by Gasteiger charge is 2.25. The van der Waals surface area contributed by atoms with Crippen molar-refractivity contribution in [2.24, 2.45) is 11.8 Å². The molecular weight excluding hydrogens is 236 g/mol. The average molecular weight is 258 g/mol. The van der Waals surface area contributed by atoms with E-state index in [9.17, 15) is 9.59 Å². The average Bonchev–Trinajstić information content (AvgIpc) is 2.85. The summed E-state index contributed by atoms with van der Waals surface area (Å²) in [6, 6.07) is -1.26. The van der Waals surface area contributed by atoms with Crippen LogP contribution in [-0.2, 0) is 9.53 Å². The first-order valence-electron chi connectivity index (χ1n) is 6.39. The first kappa shape index (κ1) is 14.8. The van der Waals surface area contributed by atoms with Gasteiger partial charge >= 0.3 is 12.0 Å². The second-order valence-corrected chi connectivity index (χ2v) is 4.79. The Hall–Kier alpha value is -1.30. The van der Waals surface area contributed by atoms with Crippen molar-refractivity contribution in [2.75, 3.05) is 19.8 Å². The minimum atomic E-state index is -0.997. The number of rotatable bonds is 6. The van der Waals surface area contributed by atoms with Crippen LogP contribution in [0.15, 0.2) is 0 Å². The highest BCUT2D eigenvalue weighted by atomic mass is 16.5. The number of ether oxygens (including phenoxy) is 1. The summed E-state index contributed by atoms with van der Waals surface area (Å²) in [5.74, 6) is -0.755. The summed E-state index contributed by atoms with van der Waals surface area (Å²) in [4.78, 5) is 22.6. The number of carbonyl (C=O) groups excluding carboxylic acids is 1. The fraction of sp³-hybridized carbons (Fsp3) is 0.833. The van der Waals surface area contributed by atoms with Crippen molar-refractivity contribution in [3.63, 3.8) is 0 Å². The number of carbonyl (C=O) groups is 2. The van der Waals surface area contributed by atoms with Crippen LogP contribution >= 0.6 is 0 Å². The van der Waals surface area contributed by atoms with E-state index in [1.807, 2.05) is 13.8 Å². The van der Waals surface area contributed by atoms with Gasteiger partial charge < -0.3 is 20.5 Å². The second-order valence-electron chi connectivity index (χ2n) is 4.79. The van der Waals surface area contributed by atoms with E-state index in [0.29, 0.717) is 25.5 Å². The number of hydrogen-bond donors (Lipinski definition) is 3. The summed E-state index contributed by atoms with van der Waals surface area (Å²) in [5.41, 5.74) is 0. The predicted molar refractivity (Wildman–Crippen MR) is 66.3 cm³/mol. The van der Waals surface area contributed by atoms with Gasteiger partial charge in [-0.3, -0.25) is 0 Å². The maximum Gasteiger partial charge on any atom is 0.326 e. The number of hydrogen-bond acceptors (Lipinski definition) is 3. The van der Waals surface area contributed by atoms with Crippen LogP contribution in [0, 0.1) is 11.8 Å². The first-order valence-corrected chi connectivity index (χ1v) is 6.39. The Balaban J connectivity index is 2.33. The van der Waals surface area contributed by atoms with Gasteiger partial charge in [0.25, 0.3) is 0 Å². The van der Waals surface area contributed by atoms with Gasteiger partial charge in [-0.15, -0.1) is 0 Å². The molecule has 0 bridgehead atoms. The Morgan fingerprint density at radius 1 is 1.50 bits per heavy atom. The van der Waals surface area contributed by atoms with Crippen molar-refractivity contribution in [1.29, 1.82) is 0 Å². The van der Waals surface area contributed by atoms with Crippen LogP contribution in [-0.4, -0.2) is 42.9 Å². The second kappa shape index (κ2) is 7.20. The summed E-state index contributed by atoms with van der Waals surface area (Å²) in [7, 11) is 0. The predicted octanol–water partition coefficient (Wildman–Crippen LogP) is 0.821. The van der Waals surface area contributed by atoms with E-state index in [1.54, 1.807) is 0 Å². The lowest BCUT2D eigenvalue weighted by molar-refractivity contribution is -0.140. The van der Waals surface area contributed by atoms with Gasteiger partial charge in [-0.25, -0.2) is 9.59 Å². The van der Waals surface area contributed by atoms with Gasteiger partial charge in [-0.1, -0.05) is 20.3 Å². The molecule has 1 saturated heterocycles. The van der Waals surface area contributed by atoms with Gasteiger partial charge in [0, 0.05) is 19.1 Å². The Labute approximate surface area is 107 Å². The van der Waals surface area contributed by atoms with Crippen molar-refractivity contribution in [2.45, 2.75) is 32.7 Å². The highest BCUT2D eigenvalue weighted by Crippen LogP contribution is 2.11. The molecule has 1 aliphatic heterocycles. The van der Waals surface area contributed by atoms with E-state index in [-0.39, 0.29) is 5.92 Å². The molecule has 1 rings (SSSR count). The molecule has 0 saturated carbocycles. The van der Waals surface area contributed by atoms with E-state index < -0.39 is 18.0 Å². The van der Waals surface area contributed by atoms with E-state index in [1.165, 1.54) is 0 Å². The van der Waals surface area contributed by atoms with Gasteiger partial charge in [0.05, 0.1) is 6.61 Å². The SMILES string of the molecule is CCC(C)[C@H](NC(=O)NCC1CCOC1)C(=O)O. The van der Waals surface area contributed by atoms with Crippen molar-refractivity contribution >= 4 is 12.0 Å². The molecule has 0 radical (unpaired) electrons. The standard InChI is InChI=1S/C12H22N2O4/c1-3-8(2)10(11(15)16)14-12(17)13-6-9-4-5-18-7-9/h8-10H,3-7H2,1-2H3,(H,15,16)(H2,13,14,17)/t8?,9?,10-/m0/s1. The molecule has 0 aromatic carbocycles. The molecule has 0 aliphatic carbocycles. The van der Waals surface area contributed by atoms with Gasteiger partial charge in [-0.05, 0) is 12.3 Å². The van der Waals surface area contributed by atoms with Crippen LogP contribution in [0.1, 0.15) is 26.7 Å². The van der Waals surface area contributed by atoms with E-state index >= 15 is 0 Å². The Morgan fingerprint density at radius 2 is 2.22 bits per heavy atom. The number of aliphatic carboxylic acids is 1. The number of carboxylic acid groups (broad SMARTS) is 1. The van der Waals surface area contributed by atoms with Crippen molar-refractivity contribution in [3.05, 3.63) is 0 Å². The zero-order valence-corrected chi connectivity index (χ0v) is 10.9. The summed E-state index contributed by atoms with van der Waals surface area (Å²) in [5, 5.41) is 14.2. The van der Waals surface area contributed by atoms with E-state index in [4.69, 9.17) is 9.84 Å². The number of urea groups is 1. The molecular formula is C12H22N2O4. The van der Waals surface area contributed by atoms with Gasteiger partial charge in [0.1, 0.15) is 6.04 Å².